The minimum absolute atomic E-state index is 0.00261. The Morgan fingerprint density at radius 2 is 1.92 bits per heavy atom. The highest BCUT2D eigenvalue weighted by molar-refractivity contribution is 7.20. The molecular formula is C19H17NO4S. The molecule has 3 aromatic rings. The molecule has 2 aromatic carbocycles. The number of carbonyl (C=O) groups is 2. The summed E-state index contributed by atoms with van der Waals surface area (Å²) in [5.74, 6) is 0.153. The number of rotatable bonds is 7. The van der Waals surface area contributed by atoms with Crippen molar-refractivity contribution >= 4 is 33.3 Å². The lowest BCUT2D eigenvalue weighted by atomic mass is 10.1. The van der Waals surface area contributed by atoms with Crippen LogP contribution in [0.25, 0.3) is 10.2 Å². The summed E-state index contributed by atoms with van der Waals surface area (Å²) in [7, 11) is 0. The van der Waals surface area contributed by atoms with Gasteiger partial charge in [0.15, 0.2) is 5.78 Å². The highest BCUT2D eigenvalue weighted by atomic mass is 32.1. The van der Waals surface area contributed by atoms with Crippen molar-refractivity contribution in [2.45, 2.75) is 13.3 Å². The summed E-state index contributed by atoms with van der Waals surface area (Å²) in [4.78, 5) is 28.0. The molecule has 25 heavy (non-hydrogen) atoms. The van der Waals surface area contributed by atoms with Crippen molar-refractivity contribution < 1.29 is 19.1 Å². The van der Waals surface area contributed by atoms with Crippen molar-refractivity contribution in [3.05, 3.63) is 59.1 Å². The summed E-state index contributed by atoms with van der Waals surface area (Å²) in [6.45, 7) is 2.07. The lowest BCUT2D eigenvalue weighted by molar-refractivity contribution is -0.120. The first-order valence-electron chi connectivity index (χ1n) is 7.92. The van der Waals surface area contributed by atoms with Crippen molar-refractivity contribution in [2.75, 3.05) is 13.2 Å². The Labute approximate surface area is 149 Å². The van der Waals surface area contributed by atoms with E-state index in [1.54, 1.807) is 25.1 Å². The summed E-state index contributed by atoms with van der Waals surface area (Å²) in [5, 5.41) is 0.314. The van der Waals surface area contributed by atoms with Gasteiger partial charge in [-0.05, 0) is 30.7 Å². The third-order valence-corrected chi connectivity index (χ3v) is 4.45. The van der Waals surface area contributed by atoms with Gasteiger partial charge >= 0.3 is 5.97 Å². The number of ketones is 1. The monoisotopic (exact) mass is 355 g/mol. The Morgan fingerprint density at radius 1 is 1.12 bits per heavy atom. The number of esters is 1. The number of Topliss-reactive ketones (excluding diaryl/α,β-unsaturated/α-hetero) is 1. The maximum Gasteiger partial charge on any atom is 0.367 e. The zero-order valence-electron chi connectivity index (χ0n) is 13.7. The highest BCUT2D eigenvalue weighted by Gasteiger charge is 2.14. The molecule has 0 aliphatic rings. The first kappa shape index (κ1) is 17.1. The third-order valence-electron chi connectivity index (χ3n) is 3.45. The number of benzene rings is 2. The van der Waals surface area contributed by atoms with Gasteiger partial charge in [0.25, 0.3) is 0 Å². The smallest absolute Gasteiger partial charge is 0.367 e. The maximum absolute atomic E-state index is 12.0. The predicted molar refractivity (Wildman–Crippen MR) is 96.2 cm³/mol. The van der Waals surface area contributed by atoms with Crippen LogP contribution in [0.5, 0.6) is 5.75 Å². The summed E-state index contributed by atoms with van der Waals surface area (Å²) in [6.07, 6.45) is 0.344. The van der Waals surface area contributed by atoms with Crippen LogP contribution >= 0.6 is 11.3 Å². The first-order valence-corrected chi connectivity index (χ1v) is 8.73. The van der Waals surface area contributed by atoms with E-state index in [9.17, 15) is 9.59 Å². The van der Waals surface area contributed by atoms with Crippen molar-refractivity contribution in [3.63, 3.8) is 0 Å². The van der Waals surface area contributed by atoms with E-state index < -0.39 is 5.97 Å². The Balaban J connectivity index is 1.63. The second-order valence-electron chi connectivity index (χ2n) is 5.36. The summed E-state index contributed by atoms with van der Waals surface area (Å²) in [6, 6.07) is 14.9. The molecule has 5 nitrogen and oxygen atoms in total. The molecule has 1 heterocycles. The average Bonchev–Trinajstić information content (AvgIpc) is 3.04. The van der Waals surface area contributed by atoms with E-state index in [1.807, 2.05) is 30.3 Å². The fourth-order valence-electron chi connectivity index (χ4n) is 2.31. The van der Waals surface area contributed by atoms with E-state index >= 15 is 0 Å². The molecular weight excluding hydrogens is 338 g/mol. The van der Waals surface area contributed by atoms with Crippen molar-refractivity contribution in [1.82, 2.24) is 4.98 Å². The molecule has 0 aliphatic carbocycles. The van der Waals surface area contributed by atoms with E-state index in [0.717, 1.165) is 10.3 Å². The van der Waals surface area contributed by atoms with Gasteiger partial charge in [0.1, 0.15) is 12.4 Å². The fraction of sp³-hybridized carbons (Fsp3) is 0.211. The number of carbonyl (C=O) groups excluding carboxylic acids is 2. The Hall–Kier alpha value is -2.73. The molecule has 3 rings (SSSR count). The molecule has 0 radical (unpaired) electrons. The van der Waals surface area contributed by atoms with E-state index in [4.69, 9.17) is 9.47 Å². The van der Waals surface area contributed by atoms with Gasteiger partial charge in [-0.2, -0.15) is 0 Å². The fourth-order valence-corrected chi connectivity index (χ4v) is 3.20. The van der Waals surface area contributed by atoms with E-state index in [1.165, 1.54) is 11.3 Å². The van der Waals surface area contributed by atoms with Crippen LogP contribution in [0.3, 0.4) is 0 Å². The lowest BCUT2D eigenvalue weighted by Crippen LogP contribution is -2.13. The zero-order valence-corrected chi connectivity index (χ0v) is 14.5. The predicted octanol–water partition coefficient (Wildman–Crippen LogP) is 3.66. The number of hydrogen-bond acceptors (Lipinski definition) is 6. The molecule has 6 heteroatoms. The van der Waals surface area contributed by atoms with Crippen molar-refractivity contribution in [3.8, 4) is 5.75 Å². The second kappa shape index (κ2) is 7.90. The van der Waals surface area contributed by atoms with Crippen LogP contribution in [-0.4, -0.2) is 30.0 Å². The first-order chi connectivity index (χ1) is 12.2. The van der Waals surface area contributed by atoms with Crippen LogP contribution in [0.1, 0.15) is 22.3 Å². The highest BCUT2D eigenvalue weighted by Crippen LogP contribution is 2.27. The zero-order chi connectivity index (χ0) is 17.6. The van der Waals surface area contributed by atoms with E-state index in [2.05, 4.69) is 4.98 Å². The third kappa shape index (κ3) is 4.42. The molecule has 0 aliphatic heterocycles. The molecule has 128 valence electrons. The van der Waals surface area contributed by atoms with Crippen LogP contribution in [0.2, 0.25) is 0 Å². The Morgan fingerprint density at radius 3 is 2.68 bits per heavy atom. The van der Waals surface area contributed by atoms with Crippen LogP contribution < -0.4 is 4.74 Å². The SMILES string of the molecule is CCOC(=O)c1nc2ccc(OCC(=O)Cc3ccccc3)cc2s1. The number of thiazole rings is 1. The molecule has 0 bridgehead atoms. The summed E-state index contributed by atoms with van der Waals surface area (Å²) in [5.41, 5.74) is 1.67. The molecule has 0 saturated heterocycles. The van der Waals surface area contributed by atoms with Gasteiger partial charge in [0.05, 0.1) is 16.8 Å². The van der Waals surface area contributed by atoms with Gasteiger partial charge < -0.3 is 9.47 Å². The van der Waals surface area contributed by atoms with Crippen molar-refractivity contribution in [2.24, 2.45) is 0 Å². The number of hydrogen-bond donors (Lipinski definition) is 0. The molecule has 1 aromatic heterocycles. The van der Waals surface area contributed by atoms with Crippen LogP contribution in [0.15, 0.2) is 48.5 Å². The second-order valence-corrected chi connectivity index (χ2v) is 6.39. The minimum atomic E-state index is -0.427. The van der Waals surface area contributed by atoms with Gasteiger partial charge in [-0.25, -0.2) is 9.78 Å². The van der Waals surface area contributed by atoms with Gasteiger partial charge in [-0.15, -0.1) is 11.3 Å². The van der Waals surface area contributed by atoms with Gasteiger partial charge in [-0.1, -0.05) is 30.3 Å². The molecule has 0 unspecified atom stereocenters. The number of fused-ring (bicyclic) bond motifs is 1. The Kier molecular flexibility index (Phi) is 5.40. The number of nitrogens with zero attached hydrogens (tertiary/aromatic N) is 1. The summed E-state index contributed by atoms with van der Waals surface area (Å²) >= 11 is 1.25. The molecule has 0 amide bonds. The molecule has 0 saturated carbocycles. The maximum atomic E-state index is 12.0. The quantitative estimate of drug-likeness (QED) is 0.605. The number of ether oxygens (including phenoxy) is 2. The molecule has 0 N–H and O–H groups in total. The van der Waals surface area contributed by atoms with E-state index in [-0.39, 0.29) is 12.4 Å². The van der Waals surface area contributed by atoms with Crippen LogP contribution in [0, 0.1) is 0 Å². The average molecular weight is 355 g/mol. The van der Waals surface area contributed by atoms with Gasteiger partial charge in [0.2, 0.25) is 5.01 Å². The summed E-state index contributed by atoms with van der Waals surface area (Å²) < 4.78 is 11.4. The molecule has 0 fully saturated rings. The van der Waals surface area contributed by atoms with Gasteiger partial charge in [0, 0.05) is 6.42 Å². The number of aromatic nitrogens is 1. The Bertz CT molecular complexity index is 889. The van der Waals surface area contributed by atoms with E-state index in [0.29, 0.717) is 29.3 Å². The normalized spacial score (nSPS) is 10.6. The minimum Gasteiger partial charge on any atom is -0.486 e. The van der Waals surface area contributed by atoms with Crippen LogP contribution in [-0.2, 0) is 16.0 Å². The molecule has 0 spiro atoms. The standard InChI is InChI=1S/C19H17NO4S/c1-2-23-19(22)18-20-16-9-8-15(11-17(16)25-18)24-12-14(21)10-13-6-4-3-5-7-13/h3-9,11H,2,10,12H2,1H3. The van der Waals surface area contributed by atoms with Crippen LogP contribution in [0.4, 0.5) is 0 Å². The molecule has 0 atom stereocenters. The van der Waals surface area contributed by atoms with Gasteiger partial charge in [-0.3, -0.25) is 4.79 Å². The van der Waals surface area contributed by atoms with Crippen molar-refractivity contribution in [1.29, 1.82) is 0 Å². The lowest BCUT2D eigenvalue weighted by Gasteiger charge is -2.05. The topological polar surface area (TPSA) is 65.5 Å². The largest absolute Gasteiger partial charge is 0.486 e.